The number of nitrogens with zero attached hydrogens (tertiary/aromatic N) is 5. The molecule has 0 bridgehead atoms. The first-order chi connectivity index (χ1) is 15.0. The van der Waals surface area contributed by atoms with E-state index in [0.717, 1.165) is 48.5 Å². The molecule has 0 saturated carbocycles. The third kappa shape index (κ3) is 4.86. The molecule has 1 aromatic carbocycles. The van der Waals surface area contributed by atoms with Gasteiger partial charge < -0.3 is 15.1 Å². The van der Waals surface area contributed by atoms with Crippen LogP contribution in [0, 0.1) is 0 Å². The fourth-order valence-corrected chi connectivity index (χ4v) is 4.87. The molecule has 2 aromatic heterocycles. The number of likely N-dealkylation sites (tertiary alicyclic amines) is 1. The number of halogens is 2. The lowest BCUT2D eigenvalue weighted by atomic mass is 10.0. The van der Waals surface area contributed by atoms with Crippen molar-refractivity contribution in [3.63, 3.8) is 0 Å². The molecule has 1 saturated heterocycles. The molecule has 31 heavy (non-hydrogen) atoms. The summed E-state index contributed by atoms with van der Waals surface area (Å²) in [6, 6.07) is 7.34. The highest BCUT2D eigenvalue weighted by molar-refractivity contribution is 7.78. The van der Waals surface area contributed by atoms with Crippen LogP contribution in [-0.2, 0) is 4.79 Å². The normalized spacial score (nSPS) is 16.5. The number of anilines is 2. The van der Waals surface area contributed by atoms with E-state index in [2.05, 4.69) is 39.9 Å². The quantitative estimate of drug-likeness (QED) is 0.515. The molecular formula is C21H24Cl2N6OS. The Balaban J connectivity index is 1.46. The van der Waals surface area contributed by atoms with Crippen molar-refractivity contribution in [3.05, 3.63) is 46.8 Å². The number of aromatic nitrogens is 3. The molecule has 0 aliphatic carbocycles. The molecule has 1 fully saturated rings. The predicted molar refractivity (Wildman–Crippen MR) is 129 cm³/mol. The molecule has 10 heteroatoms. The number of hydrogen-bond donors (Lipinski definition) is 2. The molecule has 3 aromatic rings. The van der Waals surface area contributed by atoms with Crippen molar-refractivity contribution in [2.45, 2.75) is 25.8 Å². The number of rotatable bonds is 6. The summed E-state index contributed by atoms with van der Waals surface area (Å²) in [6.45, 7) is 4.48. The van der Waals surface area contributed by atoms with Crippen LogP contribution in [0.2, 0.25) is 10.0 Å². The Morgan fingerprint density at radius 3 is 2.81 bits per heavy atom. The first-order valence-electron chi connectivity index (χ1n) is 10.2. The fourth-order valence-electron chi connectivity index (χ4n) is 4.12. The number of fused-ring (bicyclic) bond motifs is 1. The highest BCUT2D eigenvalue weighted by Crippen LogP contribution is 2.28. The Bertz CT molecular complexity index is 1070. The van der Waals surface area contributed by atoms with Crippen LogP contribution in [0.4, 0.5) is 11.5 Å². The van der Waals surface area contributed by atoms with Crippen LogP contribution >= 0.6 is 36.0 Å². The van der Waals surface area contributed by atoms with Crippen molar-refractivity contribution in [1.82, 2.24) is 18.8 Å². The SMILES string of the molecule is CCN(c1ncnc2c1ccn2S)[C@H]1CCCN(C(=O)CNc2cc(Cl)cc(Cl)c2)C1. The van der Waals surface area contributed by atoms with Gasteiger partial charge in [-0.2, -0.15) is 0 Å². The van der Waals surface area contributed by atoms with Gasteiger partial charge >= 0.3 is 0 Å². The van der Waals surface area contributed by atoms with Gasteiger partial charge in [-0.05, 0) is 44.0 Å². The van der Waals surface area contributed by atoms with Crippen molar-refractivity contribution in [1.29, 1.82) is 0 Å². The Labute approximate surface area is 196 Å². The summed E-state index contributed by atoms with van der Waals surface area (Å²) < 4.78 is 1.69. The number of hydrogen-bond acceptors (Lipinski definition) is 6. The van der Waals surface area contributed by atoms with Crippen LogP contribution in [0.1, 0.15) is 19.8 Å². The highest BCUT2D eigenvalue weighted by atomic mass is 35.5. The summed E-state index contributed by atoms with van der Waals surface area (Å²) >= 11 is 16.5. The maximum absolute atomic E-state index is 12.9. The Morgan fingerprint density at radius 1 is 1.29 bits per heavy atom. The third-order valence-electron chi connectivity index (χ3n) is 5.55. The van der Waals surface area contributed by atoms with Gasteiger partial charge in [-0.3, -0.25) is 8.77 Å². The Kier molecular flexibility index (Phi) is 6.79. The van der Waals surface area contributed by atoms with E-state index in [9.17, 15) is 4.79 Å². The number of carbonyl (C=O) groups is 1. The smallest absolute Gasteiger partial charge is 0.241 e. The van der Waals surface area contributed by atoms with E-state index >= 15 is 0 Å². The number of benzene rings is 1. The van der Waals surface area contributed by atoms with E-state index in [1.807, 2.05) is 17.2 Å². The van der Waals surface area contributed by atoms with E-state index < -0.39 is 0 Å². The van der Waals surface area contributed by atoms with Crippen molar-refractivity contribution in [3.8, 4) is 0 Å². The average molecular weight is 479 g/mol. The van der Waals surface area contributed by atoms with Crippen LogP contribution in [0.5, 0.6) is 0 Å². The van der Waals surface area contributed by atoms with Crippen LogP contribution < -0.4 is 10.2 Å². The zero-order chi connectivity index (χ0) is 22.0. The maximum Gasteiger partial charge on any atom is 0.241 e. The molecular weight excluding hydrogens is 455 g/mol. The van der Waals surface area contributed by atoms with Crippen molar-refractivity contribution >= 4 is 64.5 Å². The van der Waals surface area contributed by atoms with Crippen molar-refractivity contribution in [2.24, 2.45) is 0 Å². The van der Waals surface area contributed by atoms with Gasteiger partial charge in [-0.25, -0.2) is 9.97 Å². The van der Waals surface area contributed by atoms with Gasteiger partial charge in [0, 0.05) is 47.6 Å². The third-order valence-corrected chi connectivity index (χ3v) is 6.31. The van der Waals surface area contributed by atoms with Crippen LogP contribution in [0.3, 0.4) is 0 Å². The molecule has 7 nitrogen and oxygen atoms in total. The van der Waals surface area contributed by atoms with Gasteiger partial charge in [-0.1, -0.05) is 36.0 Å². The van der Waals surface area contributed by atoms with E-state index in [1.54, 1.807) is 28.5 Å². The second-order valence-corrected chi connectivity index (χ2v) is 8.83. The molecule has 0 spiro atoms. The maximum atomic E-state index is 12.9. The van der Waals surface area contributed by atoms with E-state index in [-0.39, 0.29) is 18.5 Å². The Morgan fingerprint density at radius 2 is 2.06 bits per heavy atom. The lowest BCUT2D eigenvalue weighted by Crippen LogP contribution is -2.51. The summed E-state index contributed by atoms with van der Waals surface area (Å²) in [4.78, 5) is 26.0. The summed E-state index contributed by atoms with van der Waals surface area (Å²) in [7, 11) is 0. The Hall–Kier alpha value is -2.16. The first kappa shape index (κ1) is 22.0. The van der Waals surface area contributed by atoms with Gasteiger partial charge in [0.2, 0.25) is 5.91 Å². The second-order valence-electron chi connectivity index (χ2n) is 7.53. The molecule has 0 unspecified atom stereocenters. The number of nitrogens with one attached hydrogen (secondary N) is 1. The number of piperidine rings is 1. The van der Waals surface area contributed by atoms with E-state index in [1.165, 1.54) is 0 Å². The fraction of sp³-hybridized carbons (Fsp3) is 0.381. The van der Waals surface area contributed by atoms with Gasteiger partial charge in [0.25, 0.3) is 0 Å². The van der Waals surface area contributed by atoms with Crippen LogP contribution in [-0.4, -0.2) is 57.0 Å². The van der Waals surface area contributed by atoms with E-state index in [4.69, 9.17) is 23.2 Å². The zero-order valence-corrected chi connectivity index (χ0v) is 19.5. The lowest BCUT2D eigenvalue weighted by Gasteiger charge is -2.39. The summed E-state index contributed by atoms with van der Waals surface area (Å²) in [6.07, 6.45) is 5.38. The standard InChI is InChI=1S/C21H24Cl2N6OS/c1-2-28(20-18-5-7-29(31)21(18)26-13-25-20)17-4-3-6-27(12-17)19(30)11-24-16-9-14(22)8-15(23)10-16/h5,7-10,13,17,24,31H,2-4,6,11-12H2,1H3/t17-/m0/s1. The molecule has 4 rings (SSSR count). The predicted octanol–water partition coefficient (Wildman–Crippen LogP) is 4.36. The zero-order valence-electron chi connectivity index (χ0n) is 17.1. The molecule has 3 heterocycles. The van der Waals surface area contributed by atoms with E-state index in [0.29, 0.717) is 16.6 Å². The minimum absolute atomic E-state index is 0.0474. The lowest BCUT2D eigenvalue weighted by molar-refractivity contribution is -0.130. The molecule has 164 valence electrons. The number of thiol groups is 1. The summed E-state index contributed by atoms with van der Waals surface area (Å²) in [5, 5.41) is 5.16. The topological polar surface area (TPSA) is 66.3 Å². The minimum atomic E-state index is 0.0474. The molecule has 0 radical (unpaired) electrons. The monoisotopic (exact) mass is 478 g/mol. The van der Waals surface area contributed by atoms with Crippen LogP contribution in [0.15, 0.2) is 36.8 Å². The van der Waals surface area contributed by atoms with Gasteiger partial charge in [0.05, 0.1) is 11.9 Å². The molecule has 1 atom stereocenters. The number of amides is 1. The summed E-state index contributed by atoms with van der Waals surface area (Å²) in [5.41, 5.74) is 1.51. The second kappa shape index (κ2) is 9.54. The number of likely N-dealkylation sites (N-methyl/N-ethyl adjacent to an activating group) is 1. The number of carbonyl (C=O) groups excluding carboxylic acids is 1. The van der Waals surface area contributed by atoms with Crippen molar-refractivity contribution in [2.75, 3.05) is 36.4 Å². The molecule has 1 N–H and O–H groups in total. The van der Waals surface area contributed by atoms with Crippen molar-refractivity contribution < 1.29 is 4.79 Å². The highest BCUT2D eigenvalue weighted by Gasteiger charge is 2.29. The van der Waals surface area contributed by atoms with Gasteiger partial charge in [0.1, 0.15) is 12.1 Å². The van der Waals surface area contributed by atoms with Crippen LogP contribution in [0.25, 0.3) is 11.0 Å². The first-order valence-corrected chi connectivity index (χ1v) is 11.4. The van der Waals surface area contributed by atoms with Gasteiger partial charge in [0.15, 0.2) is 5.65 Å². The molecule has 1 amide bonds. The average Bonchev–Trinajstić information content (AvgIpc) is 3.14. The largest absolute Gasteiger partial charge is 0.376 e. The summed E-state index contributed by atoms with van der Waals surface area (Å²) in [5.74, 6) is 0.928. The molecule has 1 aliphatic heterocycles. The van der Waals surface area contributed by atoms with Gasteiger partial charge in [-0.15, -0.1) is 0 Å². The minimum Gasteiger partial charge on any atom is -0.376 e. The molecule has 1 aliphatic rings.